The number of aromatic nitrogens is 3. The quantitative estimate of drug-likeness (QED) is 0.504. The van der Waals surface area contributed by atoms with Gasteiger partial charge in [0.05, 0.1) is 10.5 Å². The summed E-state index contributed by atoms with van der Waals surface area (Å²) in [5.41, 5.74) is -0.324. The number of rotatable bonds is 3. The third-order valence-corrected chi connectivity index (χ3v) is 6.96. The largest absolute Gasteiger partial charge is 0.573 e. The first-order valence-corrected chi connectivity index (χ1v) is 11.4. The molecule has 2 bridgehead atoms. The lowest BCUT2D eigenvalue weighted by atomic mass is 9.95. The Morgan fingerprint density at radius 2 is 1.69 bits per heavy atom. The molecular weight excluding hydrogens is 489 g/mol. The van der Waals surface area contributed by atoms with E-state index >= 15 is 0 Å². The van der Waals surface area contributed by atoms with Gasteiger partial charge in [0, 0.05) is 36.9 Å². The van der Waals surface area contributed by atoms with Crippen molar-refractivity contribution in [3.63, 3.8) is 0 Å². The zero-order valence-corrected chi connectivity index (χ0v) is 19.2. The number of carbonyl (C=O) groups excluding carboxylic acids is 1. The fourth-order valence-electron chi connectivity index (χ4n) is 5.28. The van der Waals surface area contributed by atoms with E-state index in [-0.39, 0.29) is 29.6 Å². The Hall–Kier alpha value is -3.34. The Kier molecular flexibility index (Phi) is 5.62. The Balaban J connectivity index is 1.43. The molecule has 2 aliphatic rings. The number of ether oxygens (including phenoxy) is 1. The number of hydrogen-bond donors (Lipinski definition) is 0. The van der Waals surface area contributed by atoms with Crippen LogP contribution in [0.15, 0.2) is 46.1 Å². The van der Waals surface area contributed by atoms with E-state index in [1.807, 2.05) is 0 Å². The second-order valence-electron chi connectivity index (χ2n) is 8.83. The second kappa shape index (κ2) is 8.40. The van der Waals surface area contributed by atoms with Gasteiger partial charge >= 0.3 is 17.5 Å². The molecule has 2 aromatic heterocycles. The molecule has 0 spiro atoms. The maximum absolute atomic E-state index is 13.2. The third kappa shape index (κ3) is 4.18. The van der Waals surface area contributed by atoms with E-state index in [1.165, 1.54) is 34.5 Å². The Labute approximate surface area is 201 Å². The Morgan fingerprint density at radius 3 is 2.29 bits per heavy atom. The first kappa shape index (κ1) is 23.4. The SMILES string of the molecule is Cn1c(=O)c(=O)n(C2CC3CCC(C2)N3C(=O)c2ccc(OC(F)(F)F)cc2)c2ncc(Cl)cc21. The van der Waals surface area contributed by atoms with E-state index in [2.05, 4.69) is 9.72 Å². The molecule has 8 nitrogen and oxygen atoms in total. The molecule has 0 saturated carbocycles. The molecule has 1 aromatic carbocycles. The van der Waals surface area contributed by atoms with Crippen LogP contribution in [0.3, 0.4) is 0 Å². The molecule has 2 fully saturated rings. The van der Waals surface area contributed by atoms with Gasteiger partial charge in [-0.1, -0.05) is 11.6 Å². The third-order valence-electron chi connectivity index (χ3n) is 6.75. The number of alkyl halides is 3. The number of benzene rings is 1. The lowest BCUT2D eigenvalue weighted by Crippen LogP contribution is -2.50. The van der Waals surface area contributed by atoms with E-state index in [4.69, 9.17) is 11.6 Å². The number of halogens is 4. The Morgan fingerprint density at radius 1 is 1.06 bits per heavy atom. The van der Waals surface area contributed by atoms with Gasteiger partial charge in [0.1, 0.15) is 5.75 Å². The monoisotopic (exact) mass is 508 g/mol. The van der Waals surface area contributed by atoms with Gasteiger partial charge in [-0.05, 0) is 56.0 Å². The average Bonchev–Trinajstić information content (AvgIpc) is 3.06. The molecule has 0 aliphatic carbocycles. The van der Waals surface area contributed by atoms with Crippen LogP contribution < -0.4 is 15.9 Å². The minimum Gasteiger partial charge on any atom is -0.406 e. The van der Waals surface area contributed by atoms with Crippen molar-refractivity contribution in [2.45, 2.75) is 50.2 Å². The molecule has 2 unspecified atom stereocenters. The number of amides is 1. The highest BCUT2D eigenvalue weighted by atomic mass is 35.5. The lowest BCUT2D eigenvalue weighted by molar-refractivity contribution is -0.274. The first-order chi connectivity index (χ1) is 16.5. The predicted octanol–water partition coefficient (Wildman–Crippen LogP) is 3.66. The molecule has 2 saturated heterocycles. The summed E-state index contributed by atoms with van der Waals surface area (Å²) in [6.45, 7) is 0. The maximum Gasteiger partial charge on any atom is 0.573 e. The van der Waals surface area contributed by atoms with Gasteiger partial charge < -0.3 is 14.2 Å². The number of carbonyl (C=O) groups is 1. The van der Waals surface area contributed by atoms with Crippen LogP contribution in [0.1, 0.15) is 42.1 Å². The molecule has 2 aliphatic heterocycles. The van der Waals surface area contributed by atoms with E-state index in [9.17, 15) is 27.6 Å². The van der Waals surface area contributed by atoms with Gasteiger partial charge in [0.25, 0.3) is 5.91 Å². The second-order valence-corrected chi connectivity index (χ2v) is 9.27. The van der Waals surface area contributed by atoms with Crippen molar-refractivity contribution in [2.24, 2.45) is 7.05 Å². The summed E-state index contributed by atoms with van der Waals surface area (Å²) in [5.74, 6) is -0.694. The highest BCUT2D eigenvalue weighted by Gasteiger charge is 2.44. The van der Waals surface area contributed by atoms with E-state index in [0.717, 1.165) is 25.0 Å². The summed E-state index contributed by atoms with van der Waals surface area (Å²) in [4.78, 5) is 44.9. The number of aryl methyl sites for hydroxylation is 1. The van der Waals surface area contributed by atoms with E-state index < -0.39 is 23.2 Å². The van der Waals surface area contributed by atoms with Crippen molar-refractivity contribution in [3.05, 3.63) is 67.8 Å². The topological polar surface area (TPSA) is 86.4 Å². The summed E-state index contributed by atoms with van der Waals surface area (Å²) in [6, 6.07) is 5.71. The van der Waals surface area contributed by atoms with Crippen LogP contribution in [0.5, 0.6) is 5.75 Å². The smallest absolute Gasteiger partial charge is 0.406 e. The molecule has 3 aromatic rings. The lowest BCUT2D eigenvalue weighted by Gasteiger charge is -2.39. The van der Waals surface area contributed by atoms with Gasteiger partial charge in [-0.15, -0.1) is 13.2 Å². The fraction of sp³-hybridized carbons (Fsp3) is 0.391. The number of hydrogen-bond acceptors (Lipinski definition) is 5. The standard InChI is InChI=1S/C23H20ClF3N4O4/c1-29-18-8-13(24)11-28-19(18)31(22(34)21(29)33)16-9-14-4-5-15(10-16)30(14)20(32)12-2-6-17(7-3-12)35-23(25,26)27/h2-3,6-8,11,14-16H,4-5,9-10H2,1H3. The van der Waals surface area contributed by atoms with Crippen LogP contribution in [0.25, 0.3) is 11.2 Å². The zero-order valence-electron chi connectivity index (χ0n) is 18.5. The van der Waals surface area contributed by atoms with Crippen LogP contribution in [-0.2, 0) is 7.05 Å². The van der Waals surface area contributed by atoms with Gasteiger partial charge in [0.2, 0.25) is 0 Å². The molecule has 184 valence electrons. The summed E-state index contributed by atoms with van der Waals surface area (Å²) < 4.78 is 43.8. The van der Waals surface area contributed by atoms with Crippen LogP contribution in [0, 0.1) is 0 Å². The van der Waals surface area contributed by atoms with Crippen LogP contribution in [0.2, 0.25) is 5.02 Å². The van der Waals surface area contributed by atoms with Crippen molar-refractivity contribution in [3.8, 4) is 5.75 Å². The summed E-state index contributed by atoms with van der Waals surface area (Å²) in [7, 11) is 1.49. The molecule has 5 rings (SSSR count). The highest BCUT2D eigenvalue weighted by Crippen LogP contribution is 2.42. The fourth-order valence-corrected chi connectivity index (χ4v) is 5.44. The molecule has 0 N–H and O–H groups in total. The molecule has 2 atom stereocenters. The van der Waals surface area contributed by atoms with Gasteiger partial charge in [0.15, 0.2) is 5.65 Å². The summed E-state index contributed by atoms with van der Waals surface area (Å²) in [5, 5.41) is 0.338. The molecule has 1 amide bonds. The van der Waals surface area contributed by atoms with Crippen LogP contribution in [0.4, 0.5) is 13.2 Å². The van der Waals surface area contributed by atoms with Gasteiger partial charge in [-0.25, -0.2) is 4.98 Å². The molecular formula is C23H20ClF3N4O4. The summed E-state index contributed by atoms with van der Waals surface area (Å²) in [6.07, 6.45) is -1.05. The minimum absolute atomic E-state index is 0.185. The average molecular weight is 509 g/mol. The van der Waals surface area contributed by atoms with Crippen LogP contribution >= 0.6 is 11.6 Å². The van der Waals surface area contributed by atoms with Crippen molar-refractivity contribution in [2.75, 3.05) is 0 Å². The number of fused-ring (bicyclic) bond motifs is 3. The molecule has 0 radical (unpaired) electrons. The first-order valence-electron chi connectivity index (χ1n) is 11.0. The molecule has 4 heterocycles. The number of piperidine rings is 1. The zero-order chi connectivity index (χ0) is 25.1. The van der Waals surface area contributed by atoms with Crippen molar-refractivity contribution < 1.29 is 22.7 Å². The molecule has 35 heavy (non-hydrogen) atoms. The number of pyridine rings is 1. The van der Waals surface area contributed by atoms with Crippen molar-refractivity contribution in [1.82, 2.24) is 19.0 Å². The van der Waals surface area contributed by atoms with Gasteiger partial charge in [-0.3, -0.25) is 19.0 Å². The van der Waals surface area contributed by atoms with Crippen LogP contribution in [-0.4, -0.2) is 43.4 Å². The highest BCUT2D eigenvalue weighted by molar-refractivity contribution is 6.31. The summed E-state index contributed by atoms with van der Waals surface area (Å²) >= 11 is 6.06. The van der Waals surface area contributed by atoms with Gasteiger partial charge in [-0.2, -0.15) is 0 Å². The minimum atomic E-state index is -4.81. The normalized spacial score (nSPS) is 22.0. The van der Waals surface area contributed by atoms with Crippen molar-refractivity contribution >= 4 is 28.7 Å². The predicted molar refractivity (Wildman–Crippen MR) is 121 cm³/mol. The maximum atomic E-state index is 13.2. The number of nitrogens with zero attached hydrogens (tertiary/aromatic N) is 4. The molecule has 12 heteroatoms. The Bertz CT molecular complexity index is 1420. The van der Waals surface area contributed by atoms with E-state index in [0.29, 0.717) is 29.0 Å². The van der Waals surface area contributed by atoms with E-state index in [1.54, 1.807) is 11.0 Å². The van der Waals surface area contributed by atoms with Crippen molar-refractivity contribution in [1.29, 1.82) is 0 Å².